The van der Waals surface area contributed by atoms with Gasteiger partial charge in [0.2, 0.25) is 11.6 Å². The summed E-state index contributed by atoms with van der Waals surface area (Å²) in [6.07, 6.45) is 2.35. The van der Waals surface area contributed by atoms with Crippen LogP contribution in [0, 0.1) is 22.7 Å². The standard InChI is InChI=1S/C20H28O4/c1-10(2)13-15(22)11-9-12(21)18-19(3,4)7-6-8-20(18,5)14(11)17(24)16(13)23/h10,12,18,21-22H,6-9H2,1-5H3/t12-,18-,20-/m1/s1. The van der Waals surface area contributed by atoms with Crippen molar-refractivity contribution in [3.63, 3.8) is 0 Å². The second-order valence-electron chi connectivity index (χ2n) is 8.94. The van der Waals surface area contributed by atoms with Gasteiger partial charge in [-0.15, -0.1) is 0 Å². The zero-order chi connectivity index (χ0) is 18.0. The van der Waals surface area contributed by atoms with Gasteiger partial charge in [-0.2, -0.15) is 0 Å². The minimum absolute atomic E-state index is 0.0632. The van der Waals surface area contributed by atoms with Gasteiger partial charge in [0.15, 0.2) is 0 Å². The Kier molecular flexibility index (Phi) is 3.83. The molecule has 0 heterocycles. The van der Waals surface area contributed by atoms with Gasteiger partial charge in [-0.3, -0.25) is 9.59 Å². The molecule has 0 amide bonds. The van der Waals surface area contributed by atoms with Crippen LogP contribution >= 0.6 is 0 Å². The molecule has 0 aromatic rings. The van der Waals surface area contributed by atoms with E-state index >= 15 is 0 Å². The number of Topliss-reactive ketones (excluding diaryl/α,β-unsaturated/α-hetero) is 2. The molecule has 4 heteroatoms. The molecule has 0 aliphatic heterocycles. The summed E-state index contributed by atoms with van der Waals surface area (Å²) in [7, 11) is 0. The van der Waals surface area contributed by atoms with E-state index < -0.39 is 23.1 Å². The topological polar surface area (TPSA) is 74.6 Å². The number of ketones is 2. The van der Waals surface area contributed by atoms with Crippen LogP contribution in [0.4, 0.5) is 0 Å². The maximum Gasteiger partial charge on any atom is 0.233 e. The molecular formula is C20H28O4. The van der Waals surface area contributed by atoms with Gasteiger partial charge < -0.3 is 10.2 Å². The van der Waals surface area contributed by atoms with Crippen molar-refractivity contribution in [2.75, 3.05) is 0 Å². The molecule has 3 atom stereocenters. The Bertz CT molecular complexity index is 680. The lowest BCUT2D eigenvalue weighted by molar-refractivity contribution is -0.136. The smallest absolute Gasteiger partial charge is 0.233 e. The molecule has 0 bridgehead atoms. The van der Waals surface area contributed by atoms with Crippen LogP contribution < -0.4 is 0 Å². The number of carbonyl (C=O) groups excluding carboxylic acids is 2. The van der Waals surface area contributed by atoms with E-state index in [1.807, 2.05) is 6.92 Å². The van der Waals surface area contributed by atoms with Crippen molar-refractivity contribution in [3.8, 4) is 0 Å². The van der Waals surface area contributed by atoms with Crippen LogP contribution in [0.25, 0.3) is 0 Å². The fraction of sp³-hybridized carbons (Fsp3) is 0.700. The normalized spacial score (nSPS) is 36.1. The minimum Gasteiger partial charge on any atom is -0.507 e. The molecular weight excluding hydrogens is 304 g/mol. The number of hydrogen-bond donors (Lipinski definition) is 2. The van der Waals surface area contributed by atoms with E-state index in [2.05, 4.69) is 13.8 Å². The number of carbonyl (C=O) groups is 2. The van der Waals surface area contributed by atoms with E-state index in [-0.39, 0.29) is 35.0 Å². The molecule has 3 rings (SSSR count). The Hall–Kier alpha value is -1.42. The van der Waals surface area contributed by atoms with Crippen LogP contribution in [0.2, 0.25) is 0 Å². The number of aliphatic hydroxyl groups excluding tert-OH is 2. The molecule has 132 valence electrons. The van der Waals surface area contributed by atoms with Crippen LogP contribution in [-0.4, -0.2) is 27.9 Å². The SMILES string of the molecule is CC(C)C1=C(O)C2=C(C(=O)C1=O)[C@@]1(C)CCCC(C)(C)[C@H]1[C@H](O)C2. The zero-order valence-electron chi connectivity index (χ0n) is 15.3. The summed E-state index contributed by atoms with van der Waals surface area (Å²) in [5.41, 5.74) is 0.511. The summed E-state index contributed by atoms with van der Waals surface area (Å²) in [5.74, 6) is -1.40. The average molecular weight is 332 g/mol. The largest absolute Gasteiger partial charge is 0.507 e. The molecule has 2 N–H and O–H groups in total. The van der Waals surface area contributed by atoms with Crippen molar-refractivity contribution < 1.29 is 19.8 Å². The third-order valence-electron chi connectivity index (χ3n) is 6.51. The van der Waals surface area contributed by atoms with E-state index in [1.165, 1.54) is 0 Å². The maximum absolute atomic E-state index is 13.0. The van der Waals surface area contributed by atoms with Crippen molar-refractivity contribution in [1.82, 2.24) is 0 Å². The molecule has 1 saturated carbocycles. The van der Waals surface area contributed by atoms with Crippen molar-refractivity contribution >= 4 is 11.6 Å². The van der Waals surface area contributed by atoms with Gasteiger partial charge in [-0.25, -0.2) is 0 Å². The monoisotopic (exact) mass is 332 g/mol. The Balaban J connectivity index is 2.26. The summed E-state index contributed by atoms with van der Waals surface area (Å²) in [4.78, 5) is 25.6. The molecule has 3 aliphatic rings. The molecule has 0 unspecified atom stereocenters. The van der Waals surface area contributed by atoms with Crippen LogP contribution in [-0.2, 0) is 9.59 Å². The van der Waals surface area contributed by atoms with Crippen molar-refractivity contribution in [1.29, 1.82) is 0 Å². The van der Waals surface area contributed by atoms with E-state index in [1.54, 1.807) is 13.8 Å². The third-order valence-corrected chi connectivity index (χ3v) is 6.51. The Morgan fingerprint density at radius 3 is 2.29 bits per heavy atom. The number of aliphatic hydroxyl groups is 2. The first-order valence-corrected chi connectivity index (χ1v) is 8.96. The molecule has 0 radical (unpaired) electrons. The number of rotatable bonds is 1. The fourth-order valence-corrected chi connectivity index (χ4v) is 5.74. The average Bonchev–Trinajstić information content (AvgIpc) is 2.42. The lowest BCUT2D eigenvalue weighted by Gasteiger charge is -2.56. The molecule has 0 saturated heterocycles. The highest BCUT2D eigenvalue weighted by Crippen LogP contribution is 2.61. The minimum atomic E-state index is -0.611. The van der Waals surface area contributed by atoms with Crippen LogP contribution in [0.15, 0.2) is 22.5 Å². The quantitative estimate of drug-likeness (QED) is 0.569. The van der Waals surface area contributed by atoms with Gasteiger partial charge in [0, 0.05) is 28.6 Å². The van der Waals surface area contributed by atoms with E-state index in [9.17, 15) is 19.8 Å². The summed E-state index contributed by atoms with van der Waals surface area (Å²) in [6, 6.07) is 0. The molecule has 4 nitrogen and oxygen atoms in total. The van der Waals surface area contributed by atoms with Crippen LogP contribution in [0.5, 0.6) is 0 Å². The van der Waals surface area contributed by atoms with E-state index in [0.29, 0.717) is 11.1 Å². The van der Waals surface area contributed by atoms with Gasteiger partial charge in [0.1, 0.15) is 5.76 Å². The number of allylic oxidation sites excluding steroid dienone is 3. The van der Waals surface area contributed by atoms with Crippen molar-refractivity contribution in [2.45, 2.75) is 66.4 Å². The number of fused-ring (bicyclic) bond motifs is 2. The van der Waals surface area contributed by atoms with Crippen LogP contribution in [0.1, 0.15) is 60.3 Å². The van der Waals surface area contributed by atoms with Crippen molar-refractivity contribution in [3.05, 3.63) is 22.5 Å². The lowest BCUT2D eigenvalue weighted by atomic mass is 9.48. The fourth-order valence-electron chi connectivity index (χ4n) is 5.74. The summed E-state index contributed by atoms with van der Waals surface area (Å²) >= 11 is 0. The highest BCUT2D eigenvalue weighted by atomic mass is 16.3. The van der Waals surface area contributed by atoms with Crippen molar-refractivity contribution in [2.24, 2.45) is 22.7 Å². The Morgan fingerprint density at radius 2 is 1.71 bits per heavy atom. The molecule has 1 fully saturated rings. The number of hydrogen-bond acceptors (Lipinski definition) is 4. The van der Waals surface area contributed by atoms with Gasteiger partial charge in [-0.05, 0) is 30.1 Å². The summed E-state index contributed by atoms with van der Waals surface area (Å²) in [6.45, 7) is 9.86. The second kappa shape index (κ2) is 5.29. The molecule has 3 aliphatic carbocycles. The molecule has 0 aromatic carbocycles. The first-order valence-electron chi connectivity index (χ1n) is 8.96. The predicted molar refractivity (Wildman–Crippen MR) is 91.4 cm³/mol. The zero-order valence-corrected chi connectivity index (χ0v) is 15.3. The summed E-state index contributed by atoms with van der Waals surface area (Å²) in [5, 5.41) is 21.6. The lowest BCUT2D eigenvalue weighted by Crippen LogP contribution is -2.55. The van der Waals surface area contributed by atoms with E-state index in [4.69, 9.17) is 0 Å². The third kappa shape index (κ3) is 2.15. The van der Waals surface area contributed by atoms with Gasteiger partial charge in [0.05, 0.1) is 6.10 Å². The first-order chi connectivity index (χ1) is 11.0. The highest BCUT2D eigenvalue weighted by Gasteiger charge is 2.58. The predicted octanol–water partition coefficient (Wildman–Crippen LogP) is 3.50. The van der Waals surface area contributed by atoms with Gasteiger partial charge in [-0.1, -0.05) is 41.0 Å². The second-order valence-corrected chi connectivity index (χ2v) is 8.94. The first kappa shape index (κ1) is 17.4. The Morgan fingerprint density at radius 1 is 1.08 bits per heavy atom. The van der Waals surface area contributed by atoms with Gasteiger partial charge >= 0.3 is 0 Å². The van der Waals surface area contributed by atoms with Gasteiger partial charge in [0.25, 0.3) is 0 Å². The molecule has 0 aromatic heterocycles. The highest BCUT2D eigenvalue weighted by molar-refractivity contribution is 6.50. The molecule has 24 heavy (non-hydrogen) atoms. The summed E-state index contributed by atoms with van der Waals surface area (Å²) < 4.78 is 0. The maximum atomic E-state index is 13.0. The van der Waals surface area contributed by atoms with E-state index in [0.717, 1.165) is 19.3 Å². The van der Waals surface area contributed by atoms with Crippen LogP contribution in [0.3, 0.4) is 0 Å². The Labute approximate surface area is 143 Å². The molecule has 0 spiro atoms.